The van der Waals surface area contributed by atoms with Crippen LogP contribution in [0.4, 0.5) is 0 Å². The van der Waals surface area contributed by atoms with Gasteiger partial charge in [-0.3, -0.25) is 14.4 Å². The van der Waals surface area contributed by atoms with Crippen molar-refractivity contribution in [2.24, 2.45) is 0 Å². The minimum absolute atomic E-state index is 0.0637. The van der Waals surface area contributed by atoms with E-state index in [4.69, 9.17) is 14.2 Å². The second-order valence-electron chi connectivity index (χ2n) is 18.5. The largest absolute Gasteiger partial charge is 0.462 e. The Labute approximate surface area is 374 Å². The van der Waals surface area contributed by atoms with Gasteiger partial charge in [-0.25, -0.2) is 0 Å². The molecule has 0 bridgehead atoms. The SMILES string of the molecule is CCCCCCCCCCCCCCCCCCCCCCCCCCCCCCC(=O)OCC(COC(=O)CCCCCCCC)OC(=O)CCCCCCCCCC. The lowest BCUT2D eigenvalue weighted by atomic mass is 10.0. The van der Waals surface area contributed by atoms with E-state index in [1.54, 1.807) is 0 Å². The molecule has 0 radical (unpaired) electrons. The van der Waals surface area contributed by atoms with Crippen LogP contribution in [-0.4, -0.2) is 37.2 Å². The van der Waals surface area contributed by atoms with Crippen LogP contribution in [0.25, 0.3) is 0 Å². The van der Waals surface area contributed by atoms with Crippen LogP contribution in [0.3, 0.4) is 0 Å². The lowest BCUT2D eigenvalue weighted by molar-refractivity contribution is -0.167. The molecule has 0 rings (SSSR count). The van der Waals surface area contributed by atoms with Crippen LogP contribution in [0.5, 0.6) is 0 Å². The molecule has 60 heavy (non-hydrogen) atoms. The van der Waals surface area contributed by atoms with Crippen molar-refractivity contribution in [2.45, 2.75) is 316 Å². The first kappa shape index (κ1) is 58.4. The molecule has 1 unspecified atom stereocenters. The van der Waals surface area contributed by atoms with Gasteiger partial charge < -0.3 is 14.2 Å². The molecule has 0 aliphatic rings. The molecule has 0 spiro atoms. The standard InChI is InChI=1S/C54H104O6/c1-4-7-10-13-16-18-19-20-21-22-23-24-25-26-27-28-29-30-31-32-33-34-35-36-37-39-41-44-47-53(56)59-50-51(49-58-52(55)46-43-40-15-12-9-6-3)60-54(57)48-45-42-38-17-14-11-8-5-2/h51H,4-50H2,1-3H3. The number of hydrogen-bond acceptors (Lipinski definition) is 6. The monoisotopic (exact) mass is 849 g/mol. The highest BCUT2D eigenvalue weighted by molar-refractivity contribution is 5.71. The van der Waals surface area contributed by atoms with Crippen molar-refractivity contribution < 1.29 is 28.6 Å². The number of hydrogen-bond donors (Lipinski definition) is 0. The van der Waals surface area contributed by atoms with Gasteiger partial charge in [0.1, 0.15) is 13.2 Å². The highest BCUT2D eigenvalue weighted by Gasteiger charge is 2.19. The normalized spacial score (nSPS) is 11.8. The Morgan fingerprint density at radius 2 is 0.450 bits per heavy atom. The van der Waals surface area contributed by atoms with Crippen molar-refractivity contribution in [3.05, 3.63) is 0 Å². The van der Waals surface area contributed by atoms with Crippen molar-refractivity contribution in [3.8, 4) is 0 Å². The molecule has 6 heteroatoms. The zero-order chi connectivity index (χ0) is 43.7. The number of rotatable bonds is 50. The molecule has 356 valence electrons. The first-order valence-corrected chi connectivity index (χ1v) is 27.0. The Hall–Kier alpha value is -1.59. The maximum absolute atomic E-state index is 12.6. The predicted octanol–water partition coefficient (Wildman–Crippen LogP) is 17.6. The van der Waals surface area contributed by atoms with Gasteiger partial charge in [0.15, 0.2) is 6.10 Å². The fourth-order valence-corrected chi connectivity index (χ4v) is 8.27. The van der Waals surface area contributed by atoms with Crippen LogP contribution in [0.15, 0.2) is 0 Å². The van der Waals surface area contributed by atoms with Crippen LogP contribution in [0.1, 0.15) is 310 Å². The quantitative estimate of drug-likeness (QED) is 0.0345. The van der Waals surface area contributed by atoms with Crippen LogP contribution in [0, 0.1) is 0 Å². The minimum Gasteiger partial charge on any atom is -0.462 e. The molecule has 6 nitrogen and oxygen atoms in total. The third kappa shape index (κ3) is 47.5. The first-order valence-electron chi connectivity index (χ1n) is 27.0. The molecule has 0 heterocycles. The second kappa shape index (κ2) is 50.1. The minimum atomic E-state index is -0.757. The third-order valence-corrected chi connectivity index (χ3v) is 12.4. The van der Waals surface area contributed by atoms with Gasteiger partial charge in [-0.15, -0.1) is 0 Å². The van der Waals surface area contributed by atoms with E-state index in [9.17, 15) is 14.4 Å². The summed E-state index contributed by atoms with van der Waals surface area (Å²) in [5.74, 6) is -0.862. The number of carbonyl (C=O) groups excluding carboxylic acids is 3. The summed E-state index contributed by atoms with van der Waals surface area (Å²) in [6.07, 6.45) is 54.4. The Balaban J connectivity index is 3.85. The van der Waals surface area contributed by atoms with E-state index in [1.807, 2.05) is 0 Å². The van der Waals surface area contributed by atoms with Crippen LogP contribution < -0.4 is 0 Å². The molecule has 0 aliphatic carbocycles. The molecule has 0 aliphatic heterocycles. The lowest BCUT2D eigenvalue weighted by Crippen LogP contribution is -2.30. The van der Waals surface area contributed by atoms with E-state index in [0.29, 0.717) is 19.3 Å². The van der Waals surface area contributed by atoms with E-state index < -0.39 is 6.10 Å². The van der Waals surface area contributed by atoms with Gasteiger partial charge in [-0.1, -0.05) is 271 Å². The van der Waals surface area contributed by atoms with Gasteiger partial charge in [-0.2, -0.15) is 0 Å². The molecule has 1 atom stereocenters. The van der Waals surface area contributed by atoms with Gasteiger partial charge in [-0.05, 0) is 19.3 Å². The smallest absolute Gasteiger partial charge is 0.306 e. The topological polar surface area (TPSA) is 78.9 Å². The summed E-state index contributed by atoms with van der Waals surface area (Å²) in [7, 11) is 0. The van der Waals surface area contributed by atoms with E-state index in [0.717, 1.165) is 57.8 Å². The maximum Gasteiger partial charge on any atom is 0.306 e. The van der Waals surface area contributed by atoms with Gasteiger partial charge >= 0.3 is 17.9 Å². The lowest BCUT2D eigenvalue weighted by Gasteiger charge is -2.18. The summed E-state index contributed by atoms with van der Waals surface area (Å²) in [5.41, 5.74) is 0. The molecule has 0 aromatic carbocycles. The molecule has 0 aromatic rings. The average Bonchev–Trinajstić information content (AvgIpc) is 3.24. The summed E-state index contributed by atoms with van der Waals surface area (Å²) < 4.78 is 16.6. The predicted molar refractivity (Wildman–Crippen MR) is 257 cm³/mol. The van der Waals surface area contributed by atoms with Gasteiger partial charge in [0.05, 0.1) is 0 Å². The first-order chi connectivity index (χ1) is 29.5. The Morgan fingerprint density at radius 3 is 0.667 bits per heavy atom. The average molecular weight is 849 g/mol. The molecular weight excluding hydrogens is 745 g/mol. The molecule has 0 fully saturated rings. The third-order valence-electron chi connectivity index (χ3n) is 12.4. The maximum atomic E-state index is 12.6. The Kier molecular flexibility index (Phi) is 48.7. The van der Waals surface area contributed by atoms with E-state index in [1.165, 1.54) is 212 Å². The molecule has 0 amide bonds. The molecule has 0 saturated heterocycles. The molecule has 0 aromatic heterocycles. The van der Waals surface area contributed by atoms with Crippen molar-refractivity contribution in [1.82, 2.24) is 0 Å². The Bertz CT molecular complexity index is 889. The van der Waals surface area contributed by atoms with Crippen LogP contribution in [-0.2, 0) is 28.6 Å². The number of ether oxygens (including phenoxy) is 3. The van der Waals surface area contributed by atoms with Crippen LogP contribution >= 0.6 is 0 Å². The van der Waals surface area contributed by atoms with E-state index >= 15 is 0 Å². The Morgan fingerprint density at radius 1 is 0.267 bits per heavy atom. The highest BCUT2D eigenvalue weighted by atomic mass is 16.6. The highest BCUT2D eigenvalue weighted by Crippen LogP contribution is 2.17. The molecular formula is C54H104O6. The van der Waals surface area contributed by atoms with E-state index in [-0.39, 0.29) is 31.1 Å². The summed E-state index contributed by atoms with van der Waals surface area (Å²) in [4.78, 5) is 37.5. The van der Waals surface area contributed by atoms with Gasteiger partial charge in [0.25, 0.3) is 0 Å². The van der Waals surface area contributed by atoms with E-state index in [2.05, 4.69) is 20.8 Å². The fourth-order valence-electron chi connectivity index (χ4n) is 8.27. The molecule has 0 saturated carbocycles. The number of carbonyl (C=O) groups is 3. The van der Waals surface area contributed by atoms with Crippen molar-refractivity contribution in [2.75, 3.05) is 13.2 Å². The summed E-state index contributed by atoms with van der Waals surface area (Å²) in [6.45, 7) is 6.59. The summed E-state index contributed by atoms with van der Waals surface area (Å²) in [5, 5.41) is 0. The van der Waals surface area contributed by atoms with Gasteiger partial charge in [0, 0.05) is 19.3 Å². The number of unbranched alkanes of at least 4 members (excludes halogenated alkanes) is 39. The zero-order valence-corrected chi connectivity index (χ0v) is 40.8. The van der Waals surface area contributed by atoms with Crippen molar-refractivity contribution >= 4 is 17.9 Å². The molecule has 0 N–H and O–H groups in total. The summed E-state index contributed by atoms with van der Waals surface area (Å²) >= 11 is 0. The summed E-state index contributed by atoms with van der Waals surface area (Å²) in [6, 6.07) is 0. The zero-order valence-electron chi connectivity index (χ0n) is 40.8. The van der Waals surface area contributed by atoms with Crippen LogP contribution in [0.2, 0.25) is 0 Å². The van der Waals surface area contributed by atoms with Gasteiger partial charge in [0.2, 0.25) is 0 Å². The van der Waals surface area contributed by atoms with Crippen molar-refractivity contribution in [1.29, 1.82) is 0 Å². The van der Waals surface area contributed by atoms with Crippen molar-refractivity contribution in [3.63, 3.8) is 0 Å². The number of esters is 3. The fraction of sp³-hybridized carbons (Fsp3) is 0.944. The second-order valence-corrected chi connectivity index (χ2v) is 18.5.